The molecule has 0 amide bonds. The SMILES string of the molecule is CCC(Cl)C(=O)C(NOCc1ccc(F)cc1)C(=O)O. The molecule has 0 aromatic heterocycles. The number of Topliss-reactive ketones (excluding diaryl/α,β-unsaturated/α-hetero) is 1. The van der Waals surface area contributed by atoms with Crippen molar-refractivity contribution in [2.45, 2.75) is 31.4 Å². The summed E-state index contributed by atoms with van der Waals surface area (Å²) in [5, 5.41) is 8.06. The Balaban J connectivity index is 2.53. The summed E-state index contributed by atoms with van der Waals surface area (Å²) >= 11 is 5.72. The first-order valence-electron chi connectivity index (χ1n) is 5.98. The van der Waals surface area contributed by atoms with Gasteiger partial charge in [0, 0.05) is 0 Å². The first-order chi connectivity index (χ1) is 9.45. The zero-order valence-electron chi connectivity index (χ0n) is 10.8. The summed E-state index contributed by atoms with van der Waals surface area (Å²) in [5.74, 6) is -2.41. The van der Waals surface area contributed by atoms with Crippen molar-refractivity contribution < 1.29 is 23.9 Å². The van der Waals surface area contributed by atoms with Crippen LogP contribution in [0, 0.1) is 5.82 Å². The van der Waals surface area contributed by atoms with Crippen molar-refractivity contribution in [3.05, 3.63) is 35.6 Å². The topological polar surface area (TPSA) is 75.6 Å². The summed E-state index contributed by atoms with van der Waals surface area (Å²) in [4.78, 5) is 27.6. The highest BCUT2D eigenvalue weighted by Gasteiger charge is 2.30. The van der Waals surface area contributed by atoms with Crippen molar-refractivity contribution in [1.29, 1.82) is 0 Å². The third kappa shape index (κ3) is 4.88. The quantitative estimate of drug-likeness (QED) is 0.436. The molecule has 2 atom stereocenters. The van der Waals surface area contributed by atoms with Gasteiger partial charge in [0.05, 0.1) is 12.0 Å². The molecule has 2 N–H and O–H groups in total. The number of halogens is 2. The minimum atomic E-state index is -1.53. The number of rotatable bonds is 8. The Labute approximate surface area is 120 Å². The van der Waals surface area contributed by atoms with E-state index in [0.717, 1.165) is 0 Å². The van der Waals surface area contributed by atoms with E-state index in [4.69, 9.17) is 21.5 Å². The van der Waals surface area contributed by atoms with E-state index in [-0.39, 0.29) is 12.4 Å². The van der Waals surface area contributed by atoms with Gasteiger partial charge in [-0.25, -0.2) is 9.18 Å². The highest BCUT2D eigenvalue weighted by molar-refractivity contribution is 6.33. The Morgan fingerprint density at radius 1 is 1.40 bits per heavy atom. The number of carbonyl (C=O) groups is 2. The lowest BCUT2D eigenvalue weighted by molar-refractivity contribution is -0.149. The predicted molar refractivity (Wildman–Crippen MR) is 70.7 cm³/mol. The van der Waals surface area contributed by atoms with Gasteiger partial charge in [0.2, 0.25) is 0 Å². The molecule has 0 spiro atoms. The number of nitrogens with one attached hydrogen (secondary N) is 1. The lowest BCUT2D eigenvalue weighted by atomic mass is 10.1. The molecule has 7 heteroatoms. The van der Waals surface area contributed by atoms with E-state index >= 15 is 0 Å². The lowest BCUT2D eigenvalue weighted by Crippen LogP contribution is -2.46. The number of ketones is 1. The number of hydrogen-bond donors (Lipinski definition) is 2. The van der Waals surface area contributed by atoms with Crippen LogP contribution in [-0.4, -0.2) is 28.3 Å². The van der Waals surface area contributed by atoms with Gasteiger partial charge in [0.25, 0.3) is 0 Å². The Bertz CT molecular complexity index is 466. The largest absolute Gasteiger partial charge is 0.480 e. The summed E-state index contributed by atoms with van der Waals surface area (Å²) in [6.45, 7) is 1.67. The fraction of sp³-hybridized carbons (Fsp3) is 0.385. The smallest absolute Gasteiger partial charge is 0.330 e. The summed E-state index contributed by atoms with van der Waals surface area (Å²) in [6.07, 6.45) is 0.323. The highest BCUT2D eigenvalue weighted by Crippen LogP contribution is 2.07. The molecule has 2 unspecified atom stereocenters. The fourth-order valence-corrected chi connectivity index (χ4v) is 1.53. The molecule has 0 bridgehead atoms. The fourth-order valence-electron chi connectivity index (χ4n) is 1.40. The van der Waals surface area contributed by atoms with Crippen LogP contribution in [0.2, 0.25) is 0 Å². The second-order valence-corrected chi connectivity index (χ2v) is 4.61. The molecule has 1 aromatic rings. The van der Waals surface area contributed by atoms with Crippen molar-refractivity contribution >= 4 is 23.4 Å². The number of hydroxylamine groups is 1. The number of aliphatic carboxylic acids is 1. The first-order valence-corrected chi connectivity index (χ1v) is 6.41. The van der Waals surface area contributed by atoms with Crippen molar-refractivity contribution in [2.75, 3.05) is 0 Å². The molecule has 0 saturated carbocycles. The third-order valence-corrected chi connectivity index (χ3v) is 3.08. The maximum Gasteiger partial charge on any atom is 0.330 e. The van der Waals surface area contributed by atoms with E-state index < -0.39 is 23.2 Å². The van der Waals surface area contributed by atoms with E-state index in [0.29, 0.717) is 12.0 Å². The highest BCUT2D eigenvalue weighted by atomic mass is 35.5. The molecule has 0 radical (unpaired) electrons. The van der Waals surface area contributed by atoms with Crippen LogP contribution < -0.4 is 5.48 Å². The number of benzene rings is 1. The summed E-state index contributed by atoms with van der Waals surface area (Å²) in [6, 6.07) is 3.96. The Morgan fingerprint density at radius 2 is 2.00 bits per heavy atom. The zero-order valence-corrected chi connectivity index (χ0v) is 11.6. The van der Waals surface area contributed by atoms with E-state index in [9.17, 15) is 14.0 Å². The molecule has 1 rings (SSSR count). The van der Waals surface area contributed by atoms with Crippen LogP contribution in [0.15, 0.2) is 24.3 Å². The van der Waals surface area contributed by atoms with Crippen LogP contribution in [0.25, 0.3) is 0 Å². The van der Waals surface area contributed by atoms with Crippen molar-refractivity contribution in [3.8, 4) is 0 Å². The molecule has 5 nitrogen and oxygen atoms in total. The standard InChI is InChI=1S/C13H15ClFNO4/c1-2-10(14)12(17)11(13(18)19)16-20-7-8-3-5-9(15)6-4-8/h3-6,10-11,16H,2,7H2,1H3,(H,18,19). The van der Waals surface area contributed by atoms with Gasteiger partial charge in [-0.1, -0.05) is 19.1 Å². The number of carbonyl (C=O) groups excluding carboxylic acids is 1. The molecule has 0 heterocycles. The van der Waals surface area contributed by atoms with Gasteiger partial charge >= 0.3 is 5.97 Å². The van der Waals surface area contributed by atoms with Crippen LogP contribution in [0.4, 0.5) is 4.39 Å². The molecule has 110 valence electrons. The Kier molecular flexibility index (Phi) is 6.57. The molecule has 0 fully saturated rings. The summed E-state index contributed by atoms with van der Waals surface area (Å²) < 4.78 is 12.7. The van der Waals surface area contributed by atoms with Gasteiger partial charge in [-0.05, 0) is 24.1 Å². The van der Waals surface area contributed by atoms with Crippen LogP contribution in [0.5, 0.6) is 0 Å². The zero-order chi connectivity index (χ0) is 15.1. The van der Waals surface area contributed by atoms with Gasteiger partial charge < -0.3 is 5.11 Å². The van der Waals surface area contributed by atoms with Gasteiger partial charge in [-0.15, -0.1) is 11.6 Å². The molecule has 0 aliphatic carbocycles. The molecule has 0 saturated heterocycles. The Hall–Kier alpha value is -1.50. The molecule has 0 aliphatic rings. The molecule has 1 aromatic carbocycles. The Morgan fingerprint density at radius 3 is 2.50 bits per heavy atom. The van der Waals surface area contributed by atoms with Crippen molar-refractivity contribution in [1.82, 2.24) is 5.48 Å². The average Bonchev–Trinajstić information content (AvgIpc) is 2.43. The van der Waals surface area contributed by atoms with E-state index in [1.807, 2.05) is 0 Å². The molecule has 20 heavy (non-hydrogen) atoms. The maximum absolute atomic E-state index is 12.7. The third-order valence-electron chi connectivity index (χ3n) is 2.55. The predicted octanol–water partition coefficient (Wildman–Crippen LogP) is 1.89. The second kappa shape index (κ2) is 7.94. The minimum absolute atomic E-state index is 0.00355. The maximum atomic E-state index is 12.7. The van der Waals surface area contributed by atoms with Crippen LogP contribution >= 0.6 is 11.6 Å². The number of hydrogen-bond acceptors (Lipinski definition) is 4. The second-order valence-electron chi connectivity index (χ2n) is 4.08. The molecule has 0 aliphatic heterocycles. The number of carboxylic acids is 1. The number of alkyl halides is 1. The minimum Gasteiger partial charge on any atom is -0.480 e. The van der Waals surface area contributed by atoms with Gasteiger partial charge in [-0.2, -0.15) is 5.48 Å². The van der Waals surface area contributed by atoms with Crippen LogP contribution in [0.1, 0.15) is 18.9 Å². The van der Waals surface area contributed by atoms with Crippen molar-refractivity contribution in [3.63, 3.8) is 0 Å². The lowest BCUT2D eigenvalue weighted by Gasteiger charge is -2.15. The van der Waals surface area contributed by atoms with E-state index in [1.54, 1.807) is 6.92 Å². The first kappa shape index (κ1) is 16.6. The summed E-state index contributed by atoms with van der Waals surface area (Å²) in [7, 11) is 0. The molecular formula is C13H15ClFNO4. The average molecular weight is 304 g/mol. The van der Waals surface area contributed by atoms with Crippen molar-refractivity contribution in [2.24, 2.45) is 0 Å². The van der Waals surface area contributed by atoms with E-state index in [1.165, 1.54) is 24.3 Å². The number of carboxylic acid groups (broad SMARTS) is 1. The molecular weight excluding hydrogens is 289 g/mol. The monoisotopic (exact) mass is 303 g/mol. The van der Waals surface area contributed by atoms with Gasteiger partial charge in [0.15, 0.2) is 11.8 Å². The van der Waals surface area contributed by atoms with E-state index in [2.05, 4.69) is 5.48 Å². The summed E-state index contributed by atoms with van der Waals surface area (Å²) in [5.41, 5.74) is 2.80. The van der Waals surface area contributed by atoms with Gasteiger partial charge in [0.1, 0.15) is 5.82 Å². The van der Waals surface area contributed by atoms with Gasteiger partial charge in [-0.3, -0.25) is 9.63 Å². The normalized spacial score (nSPS) is 13.8. The van der Waals surface area contributed by atoms with Crippen LogP contribution in [0.3, 0.4) is 0 Å². The van der Waals surface area contributed by atoms with Crippen LogP contribution in [-0.2, 0) is 21.0 Å².